The van der Waals surface area contributed by atoms with Crippen molar-refractivity contribution >= 4 is 0 Å². The molecule has 0 bridgehead atoms. The van der Waals surface area contributed by atoms with Gasteiger partial charge in [0.2, 0.25) is 0 Å². The van der Waals surface area contributed by atoms with Crippen LogP contribution in [0.1, 0.15) is 24.8 Å². The SMILES string of the molecule is CNCCc1ccc(OCC2CCC2)c(F)c1. The van der Waals surface area contributed by atoms with E-state index in [9.17, 15) is 4.39 Å². The lowest BCUT2D eigenvalue weighted by atomic mass is 9.86. The molecule has 0 aliphatic heterocycles. The molecular weight excluding hydrogens is 217 g/mol. The van der Waals surface area contributed by atoms with E-state index in [1.807, 2.05) is 13.1 Å². The van der Waals surface area contributed by atoms with Crippen LogP contribution in [0.3, 0.4) is 0 Å². The summed E-state index contributed by atoms with van der Waals surface area (Å²) in [5, 5.41) is 3.05. The Balaban J connectivity index is 1.88. The van der Waals surface area contributed by atoms with Crippen molar-refractivity contribution in [3.8, 4) is 5.75 Å². The third-order valence-electron chi connectivity index (χ3n) is 3.36. The fraction of sp³-hybridized carbons (Fsp3) is 0.571. The van der Waals surface area contributed by atoms with Gasteiger partial charge < -0.3 is 10.1 Å². The van der Waals surface area contributed by atoms with Gasteiger partial charge in [-0.2, -0.15) is 0 Å². The van der Waals surface area contributed by atoms with Crippen molar-refractivity contribution in [2.45, 2.75) is 25.7 Å². The van der Waals surface area contributed by atoms with Crippen molar-refractivity contribution in [2.75, 3.05) is 20.2 Å². The zero-order valence-electron chi connectivity index (χ0n) is 10.3. The molecule has 1 fully saturated rings. The van der Waals surface area contributed by atoms with Crippen LogP contribution in [0.15, 0.2) is 18.2 Å². The maximum Gasteiger partial charge on any atom is 0.165 e. The third kappa shape index (κ3) is 3.43. The Morgan fingerprint density at radius 2 is 2.24 bits per heavy atom. The van der Waals surface area contributed by atoms with Crippen LogP contribution in [0.25, 0.3) is 0 Å². The van der Waals surface area contributed by atoms with Gasteiger partial charge >= 0.3 is 0 Å². The standard InChI is InChI=1S/C14H20FNO/c1-16-8-7-11-5-6-14(13(15)9-11)17-10-12-3-2-4-12/h5-6,9,12,16H,2-4,7-8,10H2,1H3. The molecule has 0 aromatic heterocycles. The highest BCUT2D eigenvalue weighted by molar-refractivity contribution is 5.29. The molecule has 2 rings (SSSR count). The fourth-order valence-corrected chi connectivity index (χ4v) is 1.95. The van der Waals surface area contributed by atoms with E-state index in [-0.39, 0.29) is 5.82 Å². The highest BCUT2D eigenvalue weighted by atomic mass is 19.1. The van der Waals surface area contributed by atoms with E-state index in [4.69, 9.17) is 4.74 Å². The van der Waals surface area contributed by atoms with E-state index in [0.717, 1.165) is 18.5 Å². The quantitative estimate of drug-likeness (QED) is 0.821. The highest BCUT2D eigenvalue weighted by Gasteiger charge is 2.18. The summed E-state index contributed by atoms with van der Waals surface area (Å²) in [6.07, 6.45) is 4.58. The predicted molar refractivity (Wildman–Crippen MR) is 66.9 cm³/mol. The second-order valence-electron chi connectivity index (χ2n) is 4.73. The summed E-state index contributed by atoms with van der Waals surface area (Å²) in [7, 11) is 1.90. The molecule has 0 unspecified atom stereocenters. The zero-order valence-corrected chi connectivity index (χ0v) is 10.3. The zero-order chi connectivity index (χ0) is 12.1. The van der Waals surface area contributed by atoms with Crippen LogP contribution in [-0.2, 0) is 6.42 Å². The first-order valence-electron chi connectivity index (χ1n) is 6.35. The van der Waals surface area contributed by atoms with Gasteiger partial charge in [-0.1, -0.05) is 12.5 Å². The molecular formula is C14H20FNO. The molecule has 0 heterocycles. The van der Waals surface area contributed by atoms with Crippen molar-refractivity contribution in [1.29, 1.82) is 0 Å². The Morgan fingerprint density at radius 1 is 1.41 bits per heavy atom. The van der Waals surface area contributed by atoms with Crippen LogP contribution < -0.4 is 10.1 Å². The smallest absolute Gasteiger partial charge is 0.165 e. The summed E-state index contributed by atoms with van der Waals surface area (Å²) in [5.74, 6) is 0.793. The summed E-state index contributed by atoms with van der Waals surface area (Å²) in [4.78, 5) is 0. The number of likely N-dealkylation sites (N-methyl/N-ethyl adjacent to an activating group) is 1. The third-order valence-corrected chi connectivity index (χ3v) is 3.36. The molecule has 0 atom stereocenters. The Kier molecular flexibility index (Phi) is 4.37. The Hall–Kier alpha value is -1.09. The summed E-state index contributed by atoms with van der Waals surface area (Å²) >= 11 is 0. The van der Waals surface area contributed by atoms with Crippen molar-refractivity contribution < 1.29 is 9.13 Å². The van der Waals surface area contributed by atoms with Crippen LogP contribution in [0.4, 0.5) is 4.39 Å². The number of halogens is 1. The van der Waals surface area contributed by atoms with Gasteiger partial charge in [-0.05, 0) is 56.5 Å². The minimum Gasteiger partial charge on any atom is -0.490 e. The number of hydrogen-bond donors (Lipinski definition) is 1. The van der Waals surface area contributed by atoms with Crippen LogP contribution >= 0.6 is 0 Å². The van der Waals surface area contributed by atoms with Gasteiger partial charge in [-0.15, -0.1) is 0 Å². The van der Waals surface area contributed by atoms with E-state index in [1.165, 1.54) is 19.3 Å². The Morgan fingerprint density at radius 3 is 2.82 bits per heavy atom. The maximum absolute atomic E-state index is 13.7. The maximum atomic E-state index is 13.7. The van der Waals surface area contributed by atoms with Crippen LogP contribution in [0, 0.1) is 11.7 Å². The predicted octanol–water partition coefficient (Wildman–Crippen LogP) is 2.77. The highest BCUT2D eigenvalue weighted by Crippen LogP contribution is 2.28. The number of hydrogen-bond acceptors (Lipinski definition) is 2. The van der Waals surface area contributed by atoms with Crippen molar-refractivity contribution in [3.63, 3.8) is 0 Å². The molecule has 3 heteroatoms. The van der Waals surface area contributed by atoms with Gasteiger partial charge in [-0.25, -0.2) is 4.39 Å². The molecule has 0 amide bonds. The number of rotatable bonds is 6. The lowest BCUT2D eigenvalue weighted by Gasteiger charge is -2.25. The number of nitrogens with one attached hydrogen (secondary N) is 1. The van der Waals surface area contributed by atoms with Crippen molar-refractivity contribution in [3.05, 3.63) is 29.6 Å². The number of benzene rings is 1. The second-order valence-corrected chi connectivity index (χ2v) is 4.73. The second kappa shape index (κ2) is 6.01. The largest absolute Gasteiger partial charge is 0.490 e. The van der Waals surface area contributed by atoms with E-state index in [0.29, 0.717) is 18.3 Å². The minimum atomic E-state index is -0.238. The molecule has 0 spiro atoms. The molecule has 1 saturated carbocycles. The van der Waals surface area contributed by atoms with Gasteiger partial charge in [0.05, 0.1) is 6.61 Å². The average Bonchev–Trinajstić information content (AvgIpc) is 2.27. The first-order valence-corrected chi connectivity index (χ1v) is 6.35. The van der Waals surface area contributed by atoms with Crippen molar-refractivity contribution in [2.24, 2.45) is 5.92 Å². The first kappa shape index (κ1) is 12.4. The normalized spacial score (nSPS) is 15.6. The molecule has 2 nitrogen and oxygen atoms in total. The van der Waals surface area contributed by atoms with Crippen LogP contribution in [0.5, 0.6) is 5.75 Å². The van der Waals surface area contributed by atoms with Crippen LogP contribution in [-0.4, -0.2) is 20.2 Å². The Labute approximate surface area is 102 Å². The molecule has 0 radical (unpaired) electrons. The summed E-state index contributed by atoms with van der Waals surface area (Å²) < 4.78 is 19.2. The minimum absolute atomic E-state index is 0.238. The Bertz CT molecular complexity index is 363. The van der Waals surface area contributed by atoms with Gasteiger partial charge in [0.1, 0.15) is 0 Å². The van der Waals surface area contributed by atoms with Gasteiger partial charge in [0.25, 0.3) is 0 Å². The van der Waals surface area contributed by atoms with E-state index >= 15 is 0 Å². The van der Waals surface area contributed by atoms with E-state index in [1.54, 1.807) is 12.1 Å². The average molecular weight is 237 g/mol. The van der Waals surface area contributed by atoms with E-state index in [2.05, 4.69) is 5.32 Å². The summed E-state index contributed by atoms with van der Waals surface area (Å²) in [6, 6.07) is 5.27. The molecule has 1 aliphatic rings. The van der Waals surface area contributed by atoms with Gasteiger partial charge in [-0.3, -0.25) is 0 Å². The molecule has 1 aromatic rings. The topological polar surface area (TPSA) is 21.3 Å². The molecule has 1 N–H and O–H groups in total. The molecule has 17 heavy (non-hydrogen) atoms. The van der Waals surface area contributed by atoms with Gasteiger partial charge in [0.15, 0.2) is 11.6 Å². The lowest BCUT2D eigenvalue weighted by molar-refractivity contribution is 0.175. The van der Waals surface area contributed by atoms with Crippen LogP contribution in [0.2, 0.25) is 0 Å². The molecule has 0 saturated heterocycles. The lowest BCUT2D eigenvalue weighted by Crippen LogP contribution is -2.19. The molecule has 1 aliphatic carbocycles. The molecule has 94 valence electrons. The number of ether oxygens (including phenoxy) is 1. The monoisotopic (exact) mass is 237 g/mol. The first-order chi connectivity index (χ1) is 8.29. The summed E-state index contributed by atoms with van der Waals surface area (Å²) in [6.45, 7) is 1.52. The van der Waals surface area contributed by atoms with Crippen molar-refractivity contribution in [1.82, 2.24) is 5.32 Å². The summed E-state index contributed by atoms with van der Waals surface area (Å²) in [5.41, 5.74) is 1.01. The van der Waals surface area contributed by atoms with E-state index < -0.39 is 0 Å². The van der Waals surface area contributed by atoms with Gasteiger partial charge in [0, 0.05) is 0 Å². The molecule has 1 aromatic carbocycles. The fourth-order valence-electron chi connectivity index (χ4n) is 1.95.